The summed E-state index contributed by atoms with van der Waals surface area (Å²) >= 11 is 0. The summed E-state index contributed by atoms with van der Waals surface area (Å²) in [7, 11) is -2.98. The van der Waals surface area contributed by atoms with Gasteiger partial charge in [0.1, 0.15) is 0 Å². The number of nitrogens with zero attached hydrogens (tertiary/aromatic N) is 2. The molecule has 130 valence electrons. The zero-order chi connectivity index (χ0) is 17.4. The van der Waals surface area contributed by atoms with Gasteiger partial charge in [-0.25, -0.2) is 8.42 Å². The van der Waals surface area contributed by atoms with Crippen LogP contribution in [0.4, 0.5) is 0 Å². The summed E-state index contributed by atoms with van der Waals surface area (Å²) in [4.78, 5) is 12.6. The van der Waals surface area contributed by atoms with Gasteiger partial charge in [-0.15, -0.1) is 0 Å². The molecule has 23 heavy (non-hydrogen) atoms. The van der Waals surface area contributed by atoms with Crippen molar-refractivity contribution in [2.45, 2.75) is 59.0 Å². The summed E-state index contributed by atoms with van der Waals surface area (Å²) in [5, 5.41) is 7.52. The minimum absolute atomic E-state index is 0.0673. The van der Waals surface area contributed by atoms with Gasteiger partial charge in [-0.3, -0.25) is 9.48 Å². The van der Waals surface area contributed by atoms with Gasteiger partial charge < -0.3 is 5.32 Å². The van der Waals surface area contributed by atoms with Crippen molar-refractivity contribution in [2.24, 2.45) is 5.92 Å². The predicted molar refractivity (Wildman–Crippen MR) is 90.4 cm³/mol. The minimum atomic E-state index is -2.98. The summed E-state index contributed by atoms with van der Waals surface area (Å²) < 4.78 is 25.0. The molecule has 1 saturated heterocycles. The van der Waals surface area contributed by atoms with Crippen LogP contribution in [0.25, 0.3) is 0 Å². The summed E-state index contributed by atoms with van der Waals surface area (Å²) in [6.07, 6.45) is 2.27. The molecule has 1 aromatic heterocycles. The number of carbonyl (C=O) groups excluding carboxylic acids is 1. The molecule has 2 heterocycles. The Kier molecular flexibility index (Phi) is 5.18. The SMILES string of the molecule is CC(C)c1nn([C@H]2CCS(=O)(=O)C2)cc1C(=O)N[C@@H](C)C(C)C. The Morgan fingerprint density at radius 1 is 1.30 bits per heavy atom. The van der Waals surface area contributed by atoms with Gasteiger partial charge in [-0.1, -0.05) is 27.7 Å². The molecule has 0 bridgehead atoms. The Balaban J connectivity index is 2.27. The van der Waals surface area contributed by atoms with Crippen molar-refractivity contribution in [1.29, 1.82) is 0 Å². The molecule has 0 aromatic carbocycles. The molecule has 2 atom stereocenters. The topological polar surface area (TPSA) is 81.1 Å². The van der Waals surface area contributed by atoms with E-state index >= 15 is 0 Å². The Labute approximate surface area is 138 Å². The number of aromatic nitrogens is 2. The molecule has 1 aromatic rings. The largest absolute Gasteiger partial charge is 0.349 e. The van der Waals surface area contributed by atoms with E-state index in [4.69, 9.17) is 0 Å². The quantitative estimate of drug-likeness (QED) is 0.890. The first-order valence-corrected chi connectivity index (χ1v) is 10.0. The predicted octanol–water partition coefficient (Wildman–Crippen LogP) is 2.14. The van der Waals surface area contributed by atoms with Crippen molar-refractivity contribution < 1.29 is 13.2 Å². The van der Waals surface area contributed by atoms with E-state index in [9.17, 15) is 13.2 Å². The molecular formula is C16H27N3O3S. The maximum absolute atomic E-state index is 12.6. The van der Waals surface area contributed by atoms with Gasteiger partial charge in [0.2, 0.25) is 0 Å². The lowest BCUT2D eigenvalue weighted by molar-refractivity contribution is 0.0929. The van der Waals surface area contributed by atoms with E-state index in [1.54, 1.807) is 10.9 Å². The van der Waals surface area contributed by atoms with E-state index in [0.717, 1.165) is 5.69 Å². The highest BCUT2D eigenvalue weighted by Crippen LogP contribution is 2.26. The van der Waals surface area contributed by atoms with E-state index < -0.39 is 9.84 Å². The molecule has 2 rings (SSSR count). The van der Waals surface area contributed by atoms with E-state index in [2.05, 4.69) is 24.3 Å². The van der Waals surface area contributed by atoms with Crippen molar-refractivity contribution in [3.63, 3.8) is 0 Å². The molecule has 0 spiro atoms. The van der Waals surface area contributed by atoms with E-state index in [1.807, 2.05) is 20.8 Å². The molecule has 0 saturated carbocycles. The van der Waals surface area contributed by atoms with Crippen LogP contribution in [0.1, 0.15) is 69.1 Å². The number of amides is 1. The van der Waals surface area contributed by atoms with Crippen LogP contribution in [-0.4, -0.2) is 41.7 Å². The van der Waals surface area contributed by atoms with Gasteiger partial charge >= 0.3 is 0 Å². The molecule has 0 aliphatic carbocycles. The van der Waals surface area contributed by atoms with Crippen molar-refractivity contribution in [3.8, 4) is 0 Å². The summed E-state index contributed by atoms with van der Waals surface area (Å²) in [6, 6.07) is -0.0979. The zero-order valence-electron chi connectivity index (χ0n) is 14.5. The number of hydrogen-bond donors (Lipinski definition) is 1. The molecule has 6 nitrogen and oxygen atoms in total. The number of nitrogens with one attached hydrogen (secondary N) is 1. The van der Waals surface area contributed by atoms with Crippen LogP contribution < -0.4 is 5.32 Å². The highest BCUT2D eigenvalue weighted by Gasteiger charge is 2.31. The van der Waals surface area contributed by atoms with Gasteiger partial charge in [-0.05, 0) is 25.2 Å². The fourth-order valence-electron chi connectivity index (χ4n) is 2.63. The third kappa shape index (κ3) is 4.13. The molecular weight excluding hydrogens is 314 g/mol. The van der Waals surface area contributed by atoms with Crippen LogP contribution in [0.5, 0.6) is 0 Å². The van der Waals surface area contributed by atoms with Crippen molar-refractivity contribution in [1.82, 2.24) is 15.1 Å². The number of sulfone groups is 1. The van der Waals surface area contributed by atoms with E-state index in [0.29, 0.717) is 17.9 Å². The number of carbonyl (C=O) groups is 1. The number of rotatable bonds is 5. The standard InChI is InChI=1S/C16H27N3O3S/c1-10(2)12(5)17-16(20)14-8-19(18-15(14)11(3)4)13-6-7-23(21,22)9-13/h8,10-13H,6-7,9H2,1-5H3,(H,17,20)/t12-,13-/m0/s1. The van der Waals surface area contributed by atoms with Gasteiger partial charge in [0.25, 0.3) is 5.91 Å². The molecule has 1 fully saturated rings. The monoisotopic (exact) mass is 341 g/mol. The smallest absolute Gasteiger partial charge is 0.254 e. The van der Waals surface area contributed by atoms with Crippen LogP contribution in [-0.2, 0) is 9.84 Å². The van der Waals surface area contributed by atoms with E-state index in [-0.39, 0.29) is 35.4 Å². The third-order valence-electron chi connectivity index (χ3n) is 4.49. The lowest BCUT2D eigenvalue weighted by Gasteiger charge is -2.17. The molecule has 1 aliphatic rings. The Morgan fingerprint density at radius 2 is 1.96 bits per heavy atom. The van der Waals surface area contributed by atoms with Crippen LogP contribution in [0, 0.1) is 5.92 Å². The van der Waals surface area contributed by atoms with Crippen LogP contribution in [0.15, 0.2) is 6.20 Å². The van der Waals surface area contributed by atoms with Crippen molar-refractivity contribution in [3.05, 3.63) is 17.5 Å². The Bertz CT molecular complexity index is 677. The fourth-order valence-corrected chi connectivity index (χ4v) is 4.33. The first-order chi connectivity index (χ1) is 10.6. The van der Waals surface area contributed by atoms with E-state index in [1.165, 1.54) is 0 Å². The fraction of sp³-hybridized carbons (Fsp3) is 0.750. The third-order valence-corrected chi connectivity index (χ3v) is 6.24. The summed E-state index contributed by atoms with van der Waals surface area (Å²) in [6.45, 7) is 10.1. The van der Waals surface area contributed by atoms with Crippen molar-refractivity contribution >= 4 is 15.7 Å². The summed E-state index contributed by atoms with van der Waals surface area (Å²) in [5.41, 5.74) is 1.28. The van der Waals surface area contributed by atoms with Crippen LogP contribution in [0.2, 0.25) is 0 Å². The molecule has 0 radical (unpaired) electrons. The average molecular weight is 341 g/mol. The maximum atomic E-state index is 12.6. The zero-order valence-corrected chi connectivity index (χ0v) is 15.4. The maximum Gasteiger partial charge on any atom is 0.254 e. The second kappa shape index (κ2) is 6.63. The minimum Gasteiger partial charge on any atom is -0.349 e. The molecule has 1 aliphatic heterocycles. The normalized spacial score (nSPS) is 21.8. The van der Waals surface area contributed by atoms with Gasteiger partial charge in [0, 0.05) is 12.2 Å². The number of hydrogen-bond acceptors (Lipinski definition) is 4. The van der Waals surface area contributed by atoms with Crippen LogP contribution in [0.3, 0.4) is 0 Å². The summed E-state index contributed by atoms with van der Waals surface area (Å²) in [5.74, 6) is 0.610. The molecule has 0 unspecified atom stereocenters. The lowest BCUT2D eigenvalue weighted by Crippen LogP contribution is -2.36. The van der Waals surface area contributed by atoms with Gasteiger partial charge in [0.15, 0.2) is 9.84 Å². The molecule has 7 heteroatoms. The highest BCUT2D eigenvalue weighted by molar-refractivity contribution is 7.91. The Hall–Kier alpha value is -1.37. The Morgan fingerprint density at radius 3 is 2.43 bits per heavy atom. The molecule has 1 N–H and O–H groups in total. The highest BCUT2D eigenvalue weighted by atomic mass is 32.2. The second-order valence-electron chi connectivity index (χ2n) is 7.13. The van der Waals surface area contributed by atoms with Gasteiger partial charge in [0.05, 0.1) is 28.8 Å². The van der Waals surface area contributed by atoms with Gasteiger partial charge in [-0.2, -0.15) is 5.10 Å². The molecule has 1 amide bonds. The second-order valence-corrected chi connectivity index (χ2v) is 9.35. The van der Waals surface area contributed by atoms with Crippen LogP contribution >= 0.6 is 0 Å². The lowest BCUT2D eigenvalue weighted by atomic mass is 10.0. The van der Waals surface area contributed by atoms with Crippen molar-refractivity contribution in [2.75, 3.05) is 11.5 Å². The first-order valence-electron chi connectivity index (χ1n) is 8.21. The first kappa shape index (κ1) is 18.0. The average Bonchev–Trinajstić information content (AvgIpc) is 3.01.